The van der Waals surface area contributed by atoms with Crippen LogP contribution in [0.2, 0.25) is 0 Å². The molecule has 0 saturated carbocycles. The van der Waals surface area contributed by atoms with Crippen molar-refractivity contribution in [2.45, 2.75) is 6.92 Å². The Balaban J connectivity index is 1.81. The number of imidazole rings is 2. The monoisotopic (exact) mass is 392 g/mol. The summed E-state index contributed by atoms with van der Waals surface area (Å²) < 4.78 is 1.25. The normalized spacial score (nSPS) is 11.4. The standard InChI is InChI=1S/C19H16N6S2/c1-9-13-14(10-5-3-2-4-6-10)16(12-8-23-19(21)25-12)27-17(13)26-15(9)11-7-22-18(20)24-11/h2-8H,1H3,(H3,20,22,24)(H3,21,23,25). The lowest BCUT2D eigenvalue weighted by Gasteiger charge is -2.05. The van der Waals surface area contributed by atoms with Crippen LogP contribution in [0.1, 0.15) is 5.56 Å². The van der Waals surface area contributed by atoms with Crippen LogP contribution in [-0.2, 0) is 0 Å². The zero-order chi connectivity index (χ0) is 18.5. The molecule has 4 aromatic heterocycles. The zero-order valence-electron chi connectivity index (χ0n) is 14.4. The maximum atomic E-state index is 5.82. The van der Waals surface area contributed by atoms with E-state index in [9.17, 15) is 0 Å². The summed E-state index contributed by atoms with van der Waals surface area (Å²) in [5.74, 6) is 0.851. The van der Waals surface area contributed by atoms with Crippen molar-refractivity contribution < 1.29 is 0 Å². The van der Waals surface area contributed by atoms with E-state index in [0.29, 0.717) is 11.9 Å². The molecule has 5 aromatic rings. The van der Waals surface area contributed by atoms with E-state index in [2.05, 4.69) is 51.1 Å². The SMILES string of the molecule is Cc1c(-c2cnc(N)[nH]2)sc2sc(-c3cnc(N)[nH]3)c(-c3ccccc3)c12. The van der Waals surface area contributed by atoms with E-state index in [-0.39, 0.29) is 0 Å². The number of aromatic amines is 2. The Kier molecular flexibility index (Phi) is 3.56. The average Bonchev–Trinajstić information content (AvgIpc) is 3.41. The minimum atomic E-state index is 0.422. The molecule has 0 aliphatic rings. The molecule has 6 nitrogen and oxygen atoms in total. The first kappa shape index (κ1) is 16.1. The van der Waals surface area contributed by atoms with E-state index in [1.807, 2.05) is 6.07 Å². The Bertz CT molecular complexity index is 1260. The van der Waals surface area contributed by atoms with Crippen molar-refractivity contribution in [3.63, 3.8) is 0 Å². The van der Waals surface area contributed by atoms with E-state index < -0.39 is 0 Å². The molecule has 0 spiro atoms. The van der Waals surface area contributed by atoms with Gasteiger partial charge in [-0.1, -0.05) is 30.3 Å². The van der Waals surface area contributed by atoms with Crippen LogP contribution in [0.4, 0.5) is 11.9 Å². The average molecular weight is 393 g/mol. The first-order valence-electron chi connectivity index (χ1n) is 8.35. The lowest BCUT2D eigenvalue weighted by Crippen LogP contribution is -1.86. The number of hydrogen-bond acceptors (Lipinski definition) is 6. The number of nitrogens with one attached hydrogen (secondary N) is 2. The molecular formula is C19H16N6S2. The summed E-state index contributed by atoms with van der Waals surface area (Å²) in [7, 11) is 0. The van der Waals surface area contributed by atoms with Crippen LogP contribution in [0, 0.1) is 6.92 Å². The molecule has 1 aromatic carbocycles. The summed E-state index contributed by atoms with van der Waals surface area (Å²) in [6.07, 6.45) is 3.58. The van der Waals surface area contributed by atoms with Gasteiger partial charge in [0.15, 0.2) is 11.9 Å². The lowest BCUT2D eigenvalue weighted by atomic mass is 10.00. The summed E-state index contributed by atoms with van der Waals surface area (Å²) in [6.45, 7) is 2.15. The van der Waals surface area contributed by atoms with Crippen molar-refractivity contribution in [3.05, 3.63) is 48.3 Å². The van der Waals surface area contributed by atoms with Gasteiger partial charge in [-0.25, -0.2) is 9.97 Å². The third-order valence-electron chi connectivity index (χ3n) is 4.53. The van der Waals surface area contributed by atoms with Crippen LogP contribution in [0.15, 0.2) is 42.7 Å². The number of rotatable bonds is 3. The largest absolute Gasteiger partial charge is 0.369 e. The van der Waals surface area contributed by atoms with Crippen molar-refractivity contribution >= 4 is 44.0 Å². The fourth-order valence-electron chi connectivity index (χ4n) is 3.34. The number of fused-ring (bicyclic) bond motifs is 1. The Morgan fingerprint density at radius 2 is 1.44 bits per heavy atom. The van der Waals surface area contributed by atoms with E-state index in [0.717, 1.165) is 21.1 Å². The number of anilines is 2. The molecule has 5 rings (SSSR count). The molecule has 27 heavy (non-hydrogen) atoms. The van der Waals surface area contributed by atoms with Crippen LogP contribution < -0.4 is 11.5 Å². The highest BCUT2D eigenvalue weighted by Gasteiger charge is 2.23. The Morgan fingerprint density at radius 1 is 0.852 bits per heavy atom. The van der Waals surface area contributed by atoms with Gasteiger partial charge in [-0.15, -0.1) is 22.7 Å². The highest BCUT2D eigenvalue weighted by molar-refractivity contribution is 7.41. The van der Waals surface area contributed by atoms with Crippen molar-refractivity contribution in [1.29, 1.82) is 0 Å². The van der Waals surface area contributed by atoms with Crippen molar-refractivity contribution in [1.82, 2.24) is 19.9 Å². The molecule has 134 valence electrons. The van der Waals surface area contributed by atoms with Crippen LogP contribution >= 0.6 is 22.7 Å². The minimum Gasteiger partial charge on any atom is -0.369 e. The zero-order valence-corrected chi connectivity index (χ0v) is 16.0. The van der Waals surface area contributed by atoms with Gasteiger partial charge in [-0.2, -0.15) is 0 Å². The van der Waals surface area contributed by atoms with Gasteiger partial charge in [0.05, 0.1) is 37.5 Å². The van der Waals surface area contributed by atoms with Gasteiger partial charge in [-0.3, -0.25) is 0 Å². The summed E-state index contributed by atoms with van der Waals surface area (Å²) in [5.41, 5.74) is 17.1. The Labute approximate surface area is 162 Å². The second-order valence-electron chi connectivity index (χ2n) is 6.26. The molecule has 0 amide bonds. The molecule has 6 N–H and O–H groups in total. The molecule has 8 heteroatoms. The van der Waals surface area contributed by atoms with E-state index in [1.54, 1.807) is 35.1 Å². The maximum Gasteiger partial charge on any atom is 0.197 e. The Hall–Kier alpha value is -3.10. The first-order valence-corrected chi connectivity index (χ1v) is 9.98. The smallest absolute Gasteiger partial charge is 0.197 e. The van der Waals surface area contributed by atoms with Crippen molar-refractivity contribution in [2.24, 2.45) is 0 Å². The molecule has 0 aliphatic heterocycles. The third kappa shape index (κ3) is 2.53. The van der Waals surface area contributed by atoms with Crippen molar-refractivity contribution in [2.75, 3.05) is 11.5 Å². The van der Waals surface area contributed by atoms with Crippen molar-refractivity contribution in [3.8, 4) is 32.3 Å². The predicted molar refractivity (Wildman–Crippen MR) is 114 cm³/mol. The molecule has 0 unspecified atom stereocenters. The number of thiophene rings is 2. The number of aryl methyl sites for hydroxylation is 1. The van der Waals surface area contributed by atoms with Crippen LogP contribution in [0.25, 0.3) is 41.7 Å². The predicted octanol–water partition coefficient (Wildman–Crippen LogP) is 4.88. The van der Waals surface area contributed by atoms with E-state index in [4.69, 9.17) is 11.5 Å². The van der Waals surface area contributed by atoms with Gasteiger partial charge >= 0.3 is 0 Å². The van der Waals surface area contributed by atoms with Crippen LogP contribution in [0.5, 0.6) is 0 Å². The molecule has 0 bridgehead atoms. The van der Waals surface area contributed by atoms with Gasteiger partial charge in [0.1, 0.15) is 0 Å². The fraction of sp³-hybridized carbons (Fsp3) is 0.0526. The second kappa shape index (κ2) is 5.97. The second-order valence-corrected chi connectivity index (χ2v) is 8.55. The fourth-order valence-corrected chi connectivity index (χ4v) is 6.09. The highest BCUT2D eigenvalue weighted by atomic mass is 32.2. The van der Waals surface area contributed by atoms with E-state index >= 15 is 0 Å². The quantitative estimate of drug-likeness (QED) is 0.351. The molecule has 0 fully saturated rings. The number of benzene rings is 1. The number of nitrogens with two attached hydrogens (primary N) is 2. The number of aromatic nitrogens is 4. The van der Waals surface area contributed by atoms with Gasteiger partial charge < -0.3 is 21.4 Å². The molecule has 0 atom stereocenters. The van der Waals surface area contributed by atoms with Gasteiger partial charge in [0, 0.05) is 10.9 Å². The summed E-state index contributed by atoms with van der Waals surface area (Å²) in [5, 5.41) is 1.25. The topological polar surface area (TPSA) is 109 Å². The summed E-state index contributed by atoms with van der Waals surface area (Å²) in [4.78, 5) is 16.9. The van der Waals surface area contributed by atoms with Crippen LogP contribution in [0.3, 0.4) is 0 Å². The summed E-state index contributed by atoms with van der Waals surface area (Å²) >= 11 is 3.50. The molecule has 0 radical (unpaired) electrons. The molecular weight excluding hydrogens is 376 g/mol. The van der Waals surface area contributed by atoms with Gasteiger partial charge in [0.25, 0.3) is 0 Å². The minimum absolute atomic E-state index is 0.422. The number of nitrogens with zero attached hydrogens (tertiary/aromatic N) is 2. The molecule has 0 saturated heterocycles. The lowest BCUT2D eigenvalue weighted by molar-refractivity contribution is 1.33. The van der Waals surface area contributed by atoms with Gasteiger partial charge in [-0.05, 0) is 18.1 Å². The van der Waals surface area contributed by atoms with Gasteiger partial charge in [0.2, 0.25) is 0 Å². The third-order valence-corrected chi connectivity index (χ3v) is 7.17. The summed E-state index contributed by atoms with van der Waals surface area (Å²) in [6, 6.07) is 10.4. The van der Waals surface area contributed by atoms with Crippen LogP contribution in [-0.4, -0.2) is 19.9 Å². The Morgan fingerprint density at radius 3 is 2.04 bits per heavy atom. The maximum absolute atomic E-state index is 5.82. The number of hydrogen-bond donors (Lipinski definition) is 4. The number of nitrogen functional groups attached to an aromatic ring is 2. The highest BCUT2D eigenvalue weighted by Crippen LogP contribution is 2.51. The molecule has 0 aliphatic carbocycles. The first-order chi connectivity index (χ1) is 13.1. The number of H-pyrrole nitrogens is 2. The molecule has 4 heterocycles. The van der Waals surface area contributed by atoms with E-state index in [1.165, 1.54) is 26.1 Å².